The molecule has 1 N–H and O–H groups in total. The third-order valence-corrected chi connectivity index (χ3v) is 5.58. The minimum atomic E-state index is -0.118. The lowest BCUT2D eigenvalue weighted by Crippen LogP contribution is -2.49. The van der Waals surface area contributed by atoms with Crippen molar-refractivity contribution in [2.45, 2.75) is 6.42 Å². The number of carbonyl (C=O) groups excluding carboxylic acids is 2. The summed E-state index contributed by atoms with van der Waals surface area (Å²) in [5.74, 6) is 1.53. The molecule has 32 heavy (non-hydrogen) atoms. The molecule has 9 heteroatoms. The van der Waals surface area contributed by atoms with Crippen molar-refractivity contribution in [3.8, 4) is 17.2 Å². The van der Waals surface area contributed by atoms with Gasteiger partial charge in [0, 0.05) is 55.8 Å². The number of benzene rings is 2. The van der Waals surface area contributed by atoms with E-state index in [0.717, 1.165) is 0 Å². The predicted octanol–water partition coefficient (Wildman–Crippen LogP) is 3.15. The molecule has 1 saturated heterocycles. The van der Waals surface area contributed by atoms with Gasteiger partial charge >= 0.3 is 0 Å². The van der Waals surface area contributed by atoms with Crippen molar-refractivity contribution in [3.05, 3.63) is 47.0 Å². The Morgan fingerprint density at radius 2 is 1.59 bits per heavy atom. The Kier molecular flexibility index (Phi) is 8.19. The van der Waals surface area contributed by atoms with Crippen molar-refractivity contribution in [2.24, 2.45) is 0 Å². The number of piperazine rings is 1. The number of ether oxygens (including phenoxy) is 3. The van der Waals surface area contributed by atoms with Crippen molar-refractivity contribution in [3.63, 3.8) is 0 Å². The highest BCUT2D eigenvalue weighted by atomic mass is 35.5. The van der Waals surface area contributed by atoms with Gasteiger partial charge in [0.25, 0.3) is 5.91 Å². The van der Waals surface area contributed by atoms with E-state index in [1.54, 1.807) is 57.7 Å². The van der Waals surface area contributed by atoms with E-state index < -0.39 is 0 Å². The fourth-order valence-corrected chi connectivity index (χ4v) is 3.71. The van der Waals surface area contributed by atoms with Gasteiger partial charge in [-0.2, -0.15) is 0 Å². The fourth-order valence-electron chi connectivity index (χ4n) is 3.54. The van der Waals surface area contributed by atoms with E-state index in [9.17, 15) is 9.59 Å². The van der Waals surface area contributed by atoms with Crippen molar-refractivity contribution >= 4 is 29.1 Å². The number of anilines is 1. The molecular formula is C23H28ClN3O5. The predicted molar refractivity (Wildman–Crippen MR) is 123 cm³/mol. The molecule has 1 heterocycles. The van der Waals surface area contributed by atoms with Gasteiger partial charge in [-0.15, -0.1) is 0 Å². The standard InChI is InChI=1S/C23H28ClN3O5/c1-30-18-12-16(13-19(15-18)31-2)23(29)27-10-8-26(9-11-27)7-6-22(28)25-20-14-17(24)4-5-21(20)32-3/h4-5,12-15H,6-11H2,1-3H3,(H,25,28). The number of rotatable bonds is 8. The van der Waals surface area contributed by atoms with Crippen LogP contribution in [0.1, 0.15) is 16.8 Å². The Bertz CT molecular complexity index is 938. The summed E-state index contributed by atoms with van der Waals surface area (Å²) in [4.78, 5) is 29.3. The maximum absolute atomic E-state index is 12.9. The minimum absolute atomic E-state index is 0.0624. The Hall–Kier alpha value is -2.97. The second-order valence-corrected chi connectivity index (χ2v) is 7.81. The van der Waals surface area contributed by atoms with Gasteiger partial charge in [0.05, 0.1) is 27.0 Å². The maximum Gasteiger partial charge on any atom is 0.254 e. The Balaban J connectivity index is 1.49. The molecule has 2 amide bonds. The Morgan fingerprint density at radius 1 is 0.938 bits per heavy atom. The molecule has 172 valence electrons. The molecule has 0 unspecified atom stereocenters. The topological polar surface area (TPSA) is 80.3 Å². The van der Waals surface area contributed by atoms with Crippen LogP contribution in [0.4, 0.5) is 5.69 Å². The van der Waals surface area contributed by atoms with Gasteiger partial charge in [-0.25, -0.2) is 0 Å². The smallest absolute Gasteiger partial charge is 0.254 e. The fraction of sp³-hybridized carbons (Fsp3) is 0.391. The lowest BCUT2D eigenvalue weighted by Gasteiger charge is -2.34. The summed E-state index contributed by atoms with van der Waals surface area (Å²) in [6.45, 7) is 3.16. The first-order valence-electron chi connectivity index (χ1n) is 10.3. The van der Waals surface area contributed by atoms with Gasteiger partial charge in [0.2, 0.25) is 5.91 Å². The summed E-state index contributed by atoms with van der Waals surface area (Å²) in [5, 5.41) is 3.37. The number of halogens is 1. The van der Waals surface area contributed by atoms with Crippen LogP contribution in [0.25, 0.3) is 0 Å². The summed E-state index contributed by atoms with van der Waals surface area (Å²) < 4.78 is 15.8. The van der Waals surface area contributed by atoms with Crippen LogP contribution in [-0.4, -0.2) is 75.7 Å². The van der Waals surface area contributed by atoms with Crippen LogP contribution in [0.15, 0.2) is 36.4 Å². The van der Waals surface area contributed by atoms with Gasteiger partial charge in [-0.1, -0.05) is 11.6 Å². The highest BCUT2D eigenvalue weighted by Gasteiger charge is 2.23. The van der Waals surface area contributed by atoms with Gasteiger partial charge in [-0.05, 0) is 30.3 Å². The summed E-state index contributed by atoms with van der Waals surface area (Å²) >= 11 is 6.01. The van der Waals surface area contributed by atoms with E-state index in [0.29, 0.717) is 72.7 Å². The van der Waals surface area contributed by atoms with E-state index in [2.05, 4.69) is 10.2 Å². The maximum atomic E-state index is 12.9. The number of carbonyl (C=O) groups is 2. The second kappa shape index (κ2) is 11.1. The zero-order chi connectivity index (χ0) is 23.1. The van der Waals surface area contributed by atoms with E-state index in [1.807, 2.05) is 4.90 Å². The van der Waals surface area contributed by atoms with Crippen LogP contribution in [-0.2, 0) is 4.79 Å². The van der Waals surface area contributed by atoms with Gasteiger partial charge < -0.3 is 24.4 Å². The van der Waals surface area contributed by atoms with Crippen LogP contribution < -0.4 is 19.5 Å². The zero-order valence-electron chi connectivity index (χ0n) is 18.5. The van der Waals surface area contributed by atoms with Gasteiger partial charge in [-0.3, -0.25) is 14.5 Å². The summed E-state index contributed by atoms with van der Waals surface area (Å²) in [7, 11) is 4.65. The van der Waals surface area contributed by atoms with Gasteiger partial charge in [0.15, 0.2) is 0 Å². The average Bonchev–Trinajstić information content (AvgIpc) is 2.82. The average molecular weight is 462 g/mol. The molecule has 0 radical (unpaired) electrons. The lowest BCUT2D eigenvalue weighted by atomic mass is 10.1. The highest BCUT2D eigenvalue weighted by Crippen LogP contribution is 2.28. The van der Waals surface area contributed by atoms with Crippen molar-refractivity contribution in [1.82, 2.24) is 9.80 Å². The lowest BCUT2D eigenvalue weighted by molar-refractivity contribution is -0.116. The molecule has 0 atom stereocenters. The first-order valence-corrected chi connectivity index (χ1v) is 10.7. The molecule has 8 nitrogen and oxygen atoms in total. The minimum Gasteiger partial charge on any atom is -0.497 e. The Labute approximate surface area is 193 Å². The number of amides is 2. The van der Waals surface area contributed by atoms with Crippen LogP contribution >= 0.6 is 11.6 Å². The summed E-state index contributed by atoms with van der Waals surface area (Å²) in [6, 6.07) is 10.2. The molecule has 2 aromatic rings. The van der Waals surface area contributed by atoms with Crippen molar-refractivity contribution in [1.29, 1.82) is 0 Å². The number of methoxy groups -OCH3 is 3. The highest BCUT2D eigenvalue weighted by molar-refractivity contribution is 6.31. The number of nitrogens with one attached hydrogen (secondary N) is 1. The molecule has 0 saturated carbocycles. The molecule has 2 aromatic carbocycles. The second-order valence-electron chi connectivity index (χ2n) is 7.38. The SMILES string of the molecule is COc1cc(OC)cc(C(=O)N2CCN(CCC(=O)Nc3cc(Cl)ccc3OC)CC2)c1. The molecule has 0 aliphatic carbocycles. The molecule has 0 bridgehead atoms. The van der Waals surface area contributed by atoms with Crippen LogP contribution in [0.3, 0.4) is 0 Å². The van der Waals surface area contributed by atoms with E-state index >= 15 is 0 Å². The first-order chi connectivity index (χ1) is 15.4. The summed E-state index contributed by atoms with van der Waals surface area (Å²) in [5.41, 5.74) is 1.08. The van der Waals surface area contributed by atoms with Crippen LogP contribution in [0, 0.1) is 0 Å². The summed E-state index contributed by atoms with van der Waals surface area (Å²) in [6.07, 6.45) is 0.330. The monoisotopic (exact) mass is 461 g/mol. The molecule has 1 fully saturated rings. The largest absolute Gasteiger partial charge is 0.497 e. The third kappa shape index (κ3) is 6.05. The normalized spacial score (nSPS) is 14.1. The van der Waals surface area contributed by atoms with E-state index in [1.165, 1.54) is 0 Å². The van der Waals surface area contributed by atoms with Crippen molar-refractivity contribution < 1.29 is 23.8 Å². The van der Waals surface area contributed by atoms with Gasteiger partial charge in [0.1, 0.15) is 17.2 Å². The molecule has 0 aromatic heterocycles. The zero-order valence-corrected chi connectivity index (χ0v) is 19.3. The number of nitrogens with zero attached hydrogens (tertiary/aromatic N) is 2. The first kappa shape index (κ1) is 23.7. The number of hydrogen-bond donors (Lipinski definition) is 1. The van der Waals surface area contributed by atoms with Crippen LogP contribution in [0.2, 0.25) is 5.02 Å². The number of hydrogen-bond acceptors (Lipinski definition) is 6. The Morgan fingerprint density at radius 3 is 2.19 bits per heavy atom. The molecule has 1 aliphatic rings. The quantitative estimate of drug-likeness (QED) is 0.650. The molecule has 1 aliphatic heterocycles. The third-order valence-electron chi connectivity index (χ3n) is 5.35. The van der Waals surface area contributed by atoms with Crippen molar-refractivity contribution in [2.75, 3.05) is 59.4 Å². The molecule has 0 spiro atoms. The molecular weight excluding hydrogens is 434 g/mol. The van der Waals surface area contributed by atoms with Crippen LogP contribution in [0.5, 0.6) is 17.2 Å². The van der Waals surface area contributed by atoms with E-state index in [4.69, 9.17) is 25.8 Å². The molecule has 3 rings (SSSR count). The van der Waals surface area contributed by atoms with E-state index in [-0.39, 0.29) is 11.8 Å².